The molecule has 40 heavy (non-hydrogen) atoms. The van der Waals surface area contributed by atoms with Crippen molar-refractivity contribution in [1.82, 2.24) is 9.80 Å². The van der Waals surface area contributed by atoms with Crippen LogP contribution in [0.4, 0.5) is 17.1 Å². The van der Waals surface area contributed by atoms with E-state index in [4.69, 9.17) is 17.0 Å². The molecule has 3 aromatic carbocycles. The van der Waals surface area contributed by atoms with Crippen molar-refractivity contribution in [3.63, 3.8) is 0 Å². The number of methoxy groups -OCH3 is 1. The van der Waals surface area contributed by atoms with Gasteiger partial charge in [0, 0.05) is 44.1 Å². The number of rotatable bonds is 10. The van der Waals surface area contributed by atoms with Crippen molar-refractivity contribution in [2.75, 3.05) is 61.5 Å². The Balaban J connectivity index is 1.23. The maximum absolute atomic E-state index is 13.7. The van der Waals surface area contributed by atoms with Gasteiger partial charge >= 0.3 is 0 Å². The molecule has 0 bridgehead atoms. The van der Waals surface area contributed by atoms with Gasteiger partial charge in [0.15, 0.2) is 5.11 Å². The minimum Gasteiger partial charge on any atom is -0.497 e. The van der Waals surface area contributed by atoms with Gasteiger partial charge < -0.3 is 19.9 Å². The zero-order valence-corrected chi connectivity index (χ0v) is 23.6. The van der Waals surface area contributed by atoms with Crippen molar-refractivity contribution in [2.45, 2.75) is 18.9 Å². The van der Waals surface area contributed by atoms with Gasteiger partial charge in [-0.15, -0.1) is 0 Å². The summed E-state index contributed by atoms with van der Waals surface area (Å²) in [6, 6.07) is 26.4. The van der Waals surface area contributed by atoms with Gasteiger partial charge in [0.05, 0.1) is 19.2 Å². The van der Waals surface area contributed by atoms with Crippen LogP contribution in [0.3, 0.4) is 0 Å². The third-order valence-corrected chi connectivity index (χ3v) is 7.87. The zero-order chi connectivity index (χ0) is 27.9. The van der Waals surface area contributed by atoms with E-state index in [1.807, 2.05) is 53.4 Å². The second-order valence-electron chi connectivity index (χ2n) is 10.00. The maximum atomic E-state index is 13.7. The second-order valence-corrected chi connectivity index (χ2v) is 10.4. The normalized spacial score (nSPS) is 17.8. The van der Waals surface area contributed by atoms with Crippen molar-refractivity contribution in [1.29, 1.82) is 0 Å². The average molecular weight is 558 g/mol. The van der Waals surface area contributed by atoms with Crippen molar-refractivity contribution in [3.8, 4) is 5.75 Å². The monoisotopic (exact) mass is 557 g/mol. The van der Waals surface area contributed by atoms with Gasteiger partial charge in [-0.2, -0.15) is 0 Å². The van der Waals surface area contributed by atoms with Crippen LogP contribution >= 0.6 is 12.2 Å². The topological polar surface area (TPSA) is 68.4 Å². The fraction of sp³-hybridized carbons (Fsp3) is 0.323. The Kier molecular flexibility index (Phi) is 8.93. The molecule has 5 rings (SSSR count). The van der Waals surface area contributed by atoms with Gasteiger partial charge in [0.1, 0.15) is 11.8 Å². The number of ether oxygens (including phenoxy) is 1. The third kappa shape index (κ3) is 6.43. The molecule has 1 N–H and O–H groups in total. The number of carbonyl (C=O) groups is 2. The van der Waals surface area contributed by atoms with Crippen LogP contribution in [0.2, 0.25) is 0 Å². The molecule has 208 valence electrons. The summed E-state index contributed by atoms with van der Waals surface area (Å²) in [5.74, 6) is 0.296. The van der Waals surface area contributed by atoms with E-state index in [0.29, 0.717) is 28.8 Å². The number of amides is 2. The fourth-order valence-electron chi connectivity index (χ4n) is 5.30. The SMILES string of the molecule is COc1ccc(N2C(=O)C(CC(=O)Nc3ccccc3)N(CCCN3CCN(c4ccccc4)CC3)C2=S)cc1. The number of piperazine rings is 1. The minimum absolute atomic E-state index is 0.0241. The first-order chi connectivity index (χ1) is 19.5. The molecule has 2 fully saturated rings. The summed E-state index contributed by atoms with van der Waals surface area (Å²) in [5.41, 5.74) is 2.64. The maximum Gasteiger partial charge on any atom is 0.256 e. The largest absolute Gasteiger partial charge is 0.497 e. The second kappa shape index (κ2) is 12.9. The number of hydrogen-bond donors (Lipinski definition) is 1. The molecule has 2 heterocycles. The predicted molar refractivity (Wildman–Crippen MR) is 163 cm³/mol. The molecule has 0 spiro atoms. The van der Waals surface area contributed by atoms with Gasteiger partial charge in [-0.1, -0.05) is 36.4 Å². The van der Waals surface area contributed by atoms with Crippen LogP contribution in [-0.4, -0.2) is 79.1 Å². The lowest BCUT2D eigenvalue weighted by Crippen LogP contribution is -2.47. The third-order valence-electron chi connectivity index (χ3n) is 7.45. The van der Waals surface area contributed by atoms with Crippen LogP contribution < -0.4 is 19.9 Å². The molecule has 0 aromatic heterocycles. The summed E-state index contributed by atoms with van der Waals surface area (Å²) in [5, 5.41) is 3.34. The van der Waals surface area contributed by atoms with Crippen LogP contribution in [0.15, 0.2) is 84.9 Å². The summed E-state index contributed by atoms with van der Waals surface area (Å²) in [4.78, 5) is 35.0. The number of thiocarbonyl (C=S) groups is 1. The molecule has 2 saturated heterocycles. The summed E-state index contributed by atoms with van der Waals surface area (Å²) in [6.07, 6.45) is 0.863. The van der Waals surface area contributed by atoms with Crippen LogP contribution in [0.1, 0.15) is 12.8 Å². The first-order valence-electron chi connectivity index (χ1n) is 13.7. The van der Waals surface area contributed by atoms with Crippen LogP contribution in [0.25, 0.3) is 0 Å². The van der Waals surface area contributed by atoms with Crippen molar-refractivity contribution in [3.05, 3.63) is 84.9 Å². The molecule has 1 atom stereocenters. The highest BCUT2D eigenvalue weighted by Crippen LogP contribution is 2.29. The van der Waals surface area contributed by atoms with Gasteiger partial charge in [-0.25, -0.2) is 0 Å². The van der Waals surface area contributed by atoms with Gasteiger partial charge in [-0.3, -0.25) is 19.4 Å². The number of anilines is 3. The molecule has 2 aliphatic heterocycles. The molecule has 0 aliphatic carbocycles. The molecule has 0 radical (unpaired) electrons. The fourth-order valence-corrected chi connectivity index (χ4v) is 5.71. The quantitative estimate of drug-likeness (QED) is 0.374. The number of hydrogen-bond acceptors (Lipinski definition) is 6. The minimum atomic E-state index is -0.659. The Bertz CT molecular complexity index is 1300. The highest BCUT2D eigenvalue weighted by molar-refractivity contribution is 7.80. The summed E-state index contributed by atoms with van der Waals surface area (Å²) < 4.78 is 5.27. The smallest absolute Gasteiger partial charge is 0.256 e. The van der Waals surface area contributed by atoms with Crippen LogP contribution in [-0.2, 0) is 9.59 Å². The number of benzene rings is 3. The van der Waals surface area contributed by atoms with E-state index in [2.05, 4.69) is 39.4 Å². The van der Waals surface area contributed by atoms with E-state index < -0.39 is 6.04 Å². The van der Waals surface area contributed by atoms with E-state index in [9.17, 15) is 9.59 Å². The number of nitrogens with zero attached hydrogens (tertiary/aromatic N) is 4. The first-order valence-corrected chi connectivity index (χ1v) is 14.1. The Morgan fingerprint density at radius 2 is 1.52 bits per heavy atom. The Morgan fingerprint density at radius 3 is 2.17 bits per heavy atom. The van der Waals surface area contributed by atoms with Gasteiger partial charge in [-0.05, 0) is 73.7 Å². The molecule has 0 saturated carbocycles. The molecule has 2 amide bonds. The molecular weight excluding hydrogens is 522 g/mol. The zero-order valence-electron chi connectivity index (χ0n) is 22.7. The van der Waals surface area contributed by atoms with Crippen molar-refractivity contribution in [2.24, 2.45) is 0 Å². The highest BCUT2D eigenvalue weighted by atomic mass is 32.1. The lowest BCUT2D eigenvalue weighted by Gasteiger charge is -2.36. The molecule has 1 unspecified atom stereocenters. The van der Waals surface area contributed by atoms with E-state index in [0.717, 1.165) is 39.1 Å². The molecule has 8 nitrogen and oxygen atoms in total. The van der Waals surface area contributed by atoms with E-state index in [1.54, 1.807) is 24.1 Å². The summed E-state index contributed by atoms with van der Waals surface area (Å²) in [6.45, 7) is 5.44. The molecule has 3 aromatic rings. The molecular formula is C31H35N5O3S. The van der Waals surface area contributed by atoms with E-state index in [-0.39, 0.29) is 18.2 Å². The van der Waals surface area contributed by atoms with Crippen molar-refractivity contribution < 1.29 is 14.3 Å². The van der Waals surface area contributed by atoms with Crippen LogP contribution in [0.5, 0.6) is 5.75 Å². The predicted octanol–water partition coefficient (Wildman–Crippen LogP) is 4.24. The molecule has 9 heteroatoms. The Hall–Kier alpha value is -3.95. The van der Waals surface area contributed by atoms with E-state index in [1.165, 1.54) is 5.69 Å². The number of para-hydroxylation sites is 2. The number of carbonyl (C=O) groups excluding carboxylic acids is 2. The highest BCUT2D eigenvalue weighted by Gasteiger charge is 2.44. The van der Waals surface area contributed by atoms with Gasteiger partial charge in [0.25, 0.3) is 5.91 Å². The average Bonchev–Trinajstić information content (AvgIpc) is 3.22. The standard InChI is InChI=1S/C31H35N5O3S/c1-39-27-15-13-26(14-16-27)36-30(38)28(23-29(37)32-24-9-4-2-5-10-24)35(31(36)40)18-8-17-33-19-21-34(22-20-33)25-11-6-3-7-12-25/h2-7,9-16,28H,8,17-23H2,1H3,(H,32,37). The lowest BCUT2D eigenvalue weighted by molar-refractivity contribution is -0.124. The van der Waals surface area contributed by atoms with Crippen molar-refractivity contribution >= 4 is 46.2 Å². The van der Waals surface area contributed by atoms with Crippen LogP contribution in [0, 0.1) is 0 Å². The molecule has 2 aliphatic rings. The Morgan fingerprint density at radius 1 is 0.875 bits per heavy atom. The Labute approximate surface area is 241 Å². The number of nitrogens with one attached hydrogen (secondary N) is 1. The summed E-state index contributed by atoms with van der Waals surface area (Å²) >= 11 is 5.83. The first kappa shape index (κ1) is 27.6. The summed E-state index contributed by atoms with van der Waals surface area (Å²) in [7, 11) is 1.60. The lowest BCUT2D eigenvalue weighted by atomic mass is 10.1. The van der Waals surface area contributed by atoms with Gasteiger partial charge in [0.2, 0.25) is 5.91 Å². The van der Waals surface area contributed by atoms with E-state index >= 15 is 0 Å².